The zero-order valence-electron chi connectivity index (χ0n) is 6.71. The van der Waals surface area contributed by atoms with Crippen LogP contribution in [0.4, 0.5) is 0 Å². The molecule has 0 aliphatic heterocycles. The van der Waals surface area contributed by atoms with E-state index in [1.54, 1.807) is 12.1 Å². The summed E-state index contributed by atoms with van der Waals surface area (Å²) < 4.78 is 0. The van der Waals surface area contributed by atoms with E-state index in [1.807, 2.05) is 6.07 Å². The average molecular weight is 178 g/mol. The van der Waals surface area contributed by atoms with Gasteiger partial charge in [0.15, 0.2) is 0 Å². The van der Waals surface area contributed by atoms with Crippen molar-refractivity contribution in [3.63, 3.8) is 0 Å². The Morgan fingerprint density at radius 1 is 1.00 bits per heavy atom. The summed E-state index contributed by atoms with van der Waals surface area (Å²) >= 11 is 0. The fourth-order valence-electron chi connectivity index (χ4n) is 0.420. The molecule has 0 atom stereocenters. The second kappa shape index (κ2) is 9.06. The summed E-state index contributed by atoms with van der Waals surface area (Å²) in [5.74, 6) is 0.0718. The Morgan fingerprint density at radius 2 is 1.33 bits per heavy atom. The second-order valence-electron chi connectivity index (χ2n) is 1.66. The first kappa shape index (κ1) is 14.5. The van der Waals surface area contributed by atoms with Crippen LogP contribution in [0.1, 0.15) is 0 Å². The number of hydrogen-bond acceptors (Lipinski definition) is 4. The topological polar surface area (TPSA) is 83.8 Å². The first-order valence-corrected chi connectivity index (χ1v) is 2.89. The number of rotatable bonds is 0. The van der Waals surface area contributed by atoms with Gasteiger partial charge in [0.2, 0.25) is 0 Å². The summed E-state index contributed by atoms with van der Waals surface area (Å²) in [7, 11) is -2.17. The molecular weight excluding hydrogens is 170 g/mol. The van der Waals surface area contributed by atoms with Gasteiger partial charge < -0.3 is 20.2 Å². The molecule has 4 nitrogen and oxygen atoms in total. The Kier molecular flexibility index (Phi) is 10.9. The van der Waals surface area contributed by atoms with Crippen molar-refractivity contribution in [3.8, 4) is 5.75 Å². The fourth-order valence-corrected chi connectivity index (χ4v) is 0.420. The third kappa shape index (κ3) is 12.6. The van der Waals surface area contributed by atoms with E-state index in [0.717, 1.165) is 0 Å². The first-order chi connectivity index (χ1) is 5.13. The standard InChI is InChI=1S/C6H6O.BH3O3.Na/c7-6-4-2-1-3-5-6;2-1(3)4;/h1-5,7H;2-4H;/q;;+1/p-1. The van der Waals surface area contributed by atoms with E-state index in [0.29, 0.717) is 0 Å². The minimum Gasteiger partial charge on any atom is -0.872 e. The molecule has 3 N–H and O–H groups in total. The van der Waals surface area contributed by atoms with Gasteiger partial charge in [0.25, 0.3) is 0 Å². The quantitative estimate of drug-likeness (QED) is 0.351. The van der Waals surface area contributed by atoms with Gasteiger partial charge in [-0.25, -0.2) is 0 Å². The molecule has 0 unspecified atom stereocenters. The number of benzene rings is 1. The Labute approximate surface area is 93.0 Å². The summed E-state index contributed by atoms with van der Waals surface area (Å²) in [4.78, 5) is 0. The molecule has 0 saturated heterocycles. The van der Waals surface area contributed by atoms with Crippen LogP contribution in [-0.2, 0) is 0 Å². The molecule has 1 aromatic rings. The van der Waals surface area contributed by atoms with Gasteiger partial charge >= 0.3 is 36.9 Å². The zero-order valence-corrected chi connectivity index (χ0v) is 8.71. The molecule has 0 radical (unpaired) electrons. The molecule has 1 aromatic carbocycles. The maximum absolute atomic E-state index is 10.3. The number of para-hydroxylation sites is 1. The molecule has 0 aliphatic carbocycles. The van der Waals surface area contributed by atoms with Crippen LogP contribution in [0.2, 0.25) is 0 Å². The van der Waals surface area contributed by atoms with Crippen molar-refractivity contribution in [2.75, 3.05) is 0 Å². The molecule has 60 valence electrons. The fraction of sp³-hybridized carbons (Fsp3) is 0. The third-order valence-electron chi connectivity index (χ3n) is 0.743. The van der Waals surface area contributed by atoms with E-state index < -0.39 is 7.32 Å². The maximum Gasteiger partial charge on any atom is 1.00 e. The summed E-state index contributed by atoms with van der Waals surface area (Å²) in [6.45, 7) is 0. The van der Waals surface area contributed by atoms with Crippen molar-refractivity contribution in [2.24, 2.45) is 0 Å². The zero-order chi connectivity index (χ0) is 8.69. The van der Waals surface area contributed by atoms with Gasteiger partial charge in [0.1, 0.15) is 0 Å². The summed E-state index contributed by atoms with van der Waals surface area (Å²) in [6.07, 6.45) is 0. The van der Waals surface area contributed by atoms with Crippen LogP contribution in [0.25, 0.3) is 0 Å². The van der Waals surface area contributed by atoms with Crippen LogP contribution in [0.5, 0.6) is 5.75 Å². The molecule has 1 rings (SSSR count). The van der Waals surface area contributed by atoms with E-state index >= 15 is 0 Å². The molecular formula is C6H8BNaO4. The SMILES string of the molecule is OB(O)O.[Na+].[O-]c1ccccc1. The van der Waals surface area contributed by atoms with Crippen molar-refractivity contribution in [2.45, 2.75) is 0 Å². The molecule has 0 heterocycles. The predicted molar refractivity (Wildman–Crippen MR) is 38.3 cm³/mol. The van der Waals surface area contributed by atoms with E-state index in [1.165, 1.54) is 12.1 Å². The smallest absolute Gasteiger partial charge is 0.872 e. The summed E-state index contributed by atoms with van der Waals surface area (Å²) in [6, 6.07) is 8.33. The molecule has 6 heteroatoms. The molecule has 0 spiro atoms. The Bertz CT molecular complexity index is 179. The van der Waals surface area contributed by atoms with Crippen molar-refractivity contribution in [1.29, 1.82) is 0 Å². The van der Waals surface area contributed by atoms with Crippen LogP contribution < -0.4 is 34.7 Å². The van der Waals surface area contributed by atoms with E-state index in [4.69, 9.17) is 15.1 Å². The molecule has 0 amide bonds. The van der Waals surface area contributed by atoms with E-state index in [-0.39, 0.29) is 35.3 Å². The second-order valence-corrected chi connectivity index (χ2v) is 1.66. The van der Waals surface area contributed by atoms with Crippen LogP contribution in [0.3, 0.4) is 0 Å². The van der Waals surface area contributed by atoms with Crippen molar-refractivity contribution >= 4 is 7.32 Å². The average Bonchev–Trinajstić information content (AvgIpc) is 1.87. The largest absolute Gasteiger partial charge is 1.00 e. The first-order valence-electron chi connectivity index (χ1n) is 2.89. The number of hydrogen-bond donors (Lipinski definition) is 3. The van der Waals surface area contributed by atoms with Gasteiger partial charge in [-0.1, -0.05) is 30.3 Å². The van der Waals surface area contributed by atoms with Gasteiger partial charge in [-0.05, 0) is 0 Å². The van der Waals surface area contributed by atoms with E-state index in [9.17, 15) is 5.11 Å². The third-order valence-corrected chi connectivity index (χ3v) is 0.743. The predicted octanol–water partition coefficient (Wildman–Crippen LogP) is -4.29. The Hall–Kier alpha value is -0.0351. The van der Waals surface area contributed by atoms with Crippen LogP contribution >= 0.6 is 0 Å². The Balaban J connectivity index is 0. The molecule has 0 bridgehead atoms. The van der Waals surface area contributed by atoms with Crippen LogP contribution in [-0.4, -0.2) is 22.4 Å². The van der Waals surface area contributed by atoms with Crippen LogP contribution in [0.15, 0.2) is 30.3 Å². The minimum atomic E-state index is -2.17. The minimum absolute atomic E-state index is 0. The maximum atomic E-state index is 10.3. The van der Waals surface area contributed by atoms with Gasteiger partial charge in [-0.2, -0.15) is 0 Å². The van der Waals surface area contributed by atoms with E-state index in [2.05, 4.69) is 0 Å². The van der Waals surface area contributed by atoms with Gasteiger partial charge in [-0.15, -0.1) is 5.75 Å². The van der Waals surface area contributed by atoms with Crippen molar-refractivity contribution in [1.82, 2.24) is 0 Å². The summed E-state index contributed by atoms with van der Waals surface area (Å²) in [5.41, 5.74) is 0. The van der Waals surface area contributed by atoms with Crippen molar-refractivity contribution < 1.29 is 49.7 Å². The molecule has 0 aliphatic rings. The van der Waals surface area contributed by atoms with Crippen LogP contribution in [0, 0.1) is 0 Å². The monoisotopic (exact) mass is 178 g/mol. The van der Waals surface area contributed by atoms with Crippen molar-refractivity contribution in [3.05, 3.63) is 30.3 Å². The normalized spacial score (nSPS) is 7.25. The molecule has 0 saturated carbocycles. The Morgan fingerprint density at radius 3 is 1.50 bits per heavy atom. The van der Waals surface area contributed by atoms with Gasteiger partial charge in [0.05, 0.1) is 0 Å². The van der Waals surface area contributed by atoms with Gasteiger partial charge in [-0.3, -0.25) is 0 Å². The molecule has 0 aromatic heterocycles. The molecule has 12 heavy (non-hydrogen) atoms. The summed E-state index contributed by atoms with van der Waals surface area (Å²) in [5, 5.41) is 31.8. The molecule has 0 fully saturated rings. The van der Waals surface area contributed by atoms with Gasteiger partial charge in [0, 0.05) is 0 Å².